The summed E-state index contributed by atoms with van der Waals surface area (Å²) in [7, 11) is -3.02. The molecule has 0 unspecified atom stereocenters. The Morgan fingerprint density at radius 2 is 2.05 bits per heavy atom. The molecule has 4 rings (SSSR count). The zero-order chi connectivity index (χ0) is 29.4. The highest BCUT2D eigenvalue weighted by atomic mass is 32.2. The Morgan fingerprint density at radius 3 is 2.67 bits per heavy atom. The molecule has 2 fully saturated rings. The summed E-state index contributed by atoms with van der Waals surface area (Å²) in [5.74, 6) is 0.934. The van der Waals surface area contributed by atoms with Gasteiger partial charge >= 0.3 is 0 Å². The first-order valence-electron chi connectivity index (χ1n) is 13.3. The molecule has 2 saturated heterocycles. The molecular formula is C28H38F2N6O3S. The third-order valence-corrected chi connectivity index (χ3v) is 8.95. The number of aliphatic imine (C=N–C) groups is 1. The first-order chi connectivity index (χ1) is 18.7. The van der Waals surface area contributed by atoms with Gasteiger partial charge < -0.3 is 20.2 Å². The second-order valence-corrected chi connectivity index (χ2v) is 13.8. The molecule has 2 aliphatic rings. The van der Waals surface area contributed by atoms with Gasteiger partial charge in [0, 0.05) is 48.2 Å². The number of anilines is 3. The highest BCUT2D eigenvalue weighted by Gasteiger charge is 2.42. The van der Waals surface area contributed by atoms with Gasteiger partial charge in [0.05, 0.1) is 18.4 Å². The molecule has 0 spiro atoms. The van der Waals surface area contributed by atoms with Gasteiger partial charge in [0.25, 0.3) is 0 Å². The van der Waals surface area contributed by atoms with Crippen molar-refractivity contribution in [3.05, 3.63) is 47.2 Å². The van der Waals surface area contributed by atoms with Crippen LogP contribution >= 0.6 is 0 Å². The number of hydrogen-bond acceptors (Lipinski definition) is 9. The van der Waals surface area contributed by atoms with E-state index in [1.807, 2.05) is 6.92 Å². The molecular weight excluding hydrogens is 538 g/mol. The summed E-state index contributed by atoms with van der Waals surface area (Å²) >= 11 is 0. The van der Waals surface area contributed by atoms with Crippen LogP contribution in [0.25, 0.3) is 6.08 Å². The van der Waals surface area contributed by atoms with Crippen LogP contribution in [0.2, 0.25) is 0 Å². The molecule has 3 heterocycles. The molecule has 2 aromatic rings. The van der Waals surface area contributed by atoms with Gasteiger partial charge in [0.2, 0.25) is 5.95 Å². The molecule has 4 atom stereocenters. The minimum Gasteiger partial charge on any atom is -0.389 e. The molecule has 40 heavy (non-hydrogen) atoms. The number of aliphatic hydroxyl groups is 1. The molecule has 0 radical (unpaired) electrons. The molecule has 2 N–H and O–H groups in total. The van der Waals surface area contributed by atoms with Crippen LogP contribution < -0.4 is 15.1 Å². The van der Waals surface area contributed by atoms with E-state index < -0.39 is 33.3 Å². The number of aliphatic hydroxyl groups excluding tert-OH is 1. The van der Waals surface area contributed by atoms with Crippen LogP contribution in [0.15, 0.2) is 35.2 Å². The average Bonchev–Trinajstić information content (AvgIpc) is 2.88. The van der Waals surface area contributed by atoms with E-state index in [0.29, 0.717) is 36.8 Å². The van der Waals surface area contributed by atoms with E-state index in [2.05, 4.69) is 38.8 Å². The molecule has 0 saturated carbocycles. The average molecular weight is 577 g/mol. The summed E-state index contributed by atoms with van der Waals surface area (Å²) in [6, 6.07) is 4.90. The molecule has 0 aliphatic carbocycles. The van der Waals surface area contributed by atoms with Crippen molar-refractivity contribution in [3.8, 4) is 0 Å². The number of nitrogens with one attached hydrogen (secondary N) is 1. The first kappa shape index (κ1) is 29.9. The molecule has 2 aliphatic heterocycles. The van der Waals surface area contributed by atoms with Crippen molar-refractivity contribution < 1.29 is 22.3 Å². The summed E-state index contributed by atoms with van der Waals surface area (Å²) < 4.78 is 52.6. The molecule has 12 heteroatoms. The van der Waals surface area contributed by atoms with E-state index in [1.165, 1.54) is 18.5 Å². The van der Waals surface area contributed by atoms with Crippen molar-refractivity contribution in [2.24, 2.45) is 16.3 Å². The highest BCUT2D eigenvalue weighted by molar-refractivity contribution is 7.90. The lowest BCUT2D eigenvalue weighted by molar-refractivity contribution is -0.0257. The van der Waals surface area contributed by atoms with Crippen LogP contribution in [0.5, 0.6) is 0 Å². The van der Waals surface area contributed by atoms with Gasteiger partial charge in [0.1, 0.15) is 33.5 Å². The number of nitrogens with zero attached hydrogens (tertiary/aromatic N) is 5. The lowest BCUT2D eigenvalue weighted by Gasteiger charge is -2.49. The molecule has 0 bridgehead atoms. The summed E-state index contributed by atoms with van der Waals surface area (Å²) in [5, 5.41) is 13.2. The van der Waals surface area contributed by atoms with Gasteiger partial charge in [0.15, 0.2) is 0 Å². The summed E-state index contributed by atoms with van der Waals surface area (Å²) in [6.07, 6.45) is 2.44. The van der Waals surface area contributed by atoms with Crippen LogP contribution in [0.3, 0.4) is 0 Å². The second-order valence-electron chi connectivity index (χ2n) is 11.6. The Hall–Kier alpha value is -3.12. The number of benzene rings is 1. The topological polar surface area (TPSA) is 111 Å². The Kier molecular flexibility index (Phi) is 8.51. The quantitative estimate of drug-likeness (QED) is 0.434. The number of hydrogen-bond donors (Lipinski definition) is 2. The number of sulfone groups is 1. The Morgan fingerprint density at radius 1 is 1.32 bits per heavy atom. The van der Waals surface area contributed by atoms with Gasteiger partial charge in [-0.25, -0.2) is 27.2 Å². The maximum absolute atomic E-state index is 15.0. The van der Waals surface area contributed by atoms with Crippen LogP contribution in [-0.2, 0) is 9.84 Å². The number of aromatic nitrogens is 2. The standard InChI is InChI=1S/C28H38F2N6O3S/c1-17-20(21(29)7-8-23(17)36-14-19(18(36)2)10-12-40(6,38)39)13-25(31-5)33-24-9-11-32-27(34-24)35-15-22(30)26(37)28(3,4)16-35/h7-9,11,13,18-19,22,26,37H,5,10,12,14-16H2,1-4,6H3,(H,32,33,34)/b25-13+/t18-,19+,22+,26+/m1/s1. The van der Waals surface area contributed by atoms with Crippen LogP contribution in [0.1, 0.15) is 38.3 Å². The van der Waals surface area contributed by atoms with E-state index in [1.54, 1.807) is 37.0 Å². The Balaban J connectivity index is 1.53. The van der Waals surface area contributed by atoms with E-state index in [0.717, 1.165) is 11.3 Å². The predicted molar refractivity (Wildman–Crippen MR) is 156 cm³/mol. The number of piperidine rings is 1. The van der Waals surface area contributed by atoms with Crippen LogP contribution in [-0.4, -0.2) is 80.2 Å². The minimum absolute atomic E-state index is 0.0301. The number of alkyl halides is 1. The third-order valence-electron chi connectivity index (χ3n) is 7.98. The van der Waals surface area contributed by atoms with Gasteiger partial charge in [-0.2, -0.15) is 4.98 Å². The van der Waals surface area contributed by atoms with Crippen molar-refractivity contribution >= 4 is 40.1 Å². The van der Waals surface area contributed by atoms with Crippen LogP contribution in [0.4, 0.5) is 26.2 Å². The SMILES string of the molecule is C=N/C(=C\c1c(F)ccc(N2C[C@H](CCS(C)(=O)=O)[C@H]2C)c1C)Nc1ccnc(N2C[C@H](F)[C@H](O)C(C)(C)C2)n1. The van der Waals surface area contributed by atoms with E-state index in [-0.39, 0.29) is 30.1 Å². The number of halogens is 2. The Labute approximate surface area is 235 Å². The van der Waals surface area contributed by atoms with Crippen LogP contribution in [0, 0.1) is 24.1 Å². The molecule has 218 valence electrons. The van der Waals surface area contributed by atoms with Crippen molar-refractivity contribution in [1.29, 1.82) is 0 Å². The monoisotopic (exact) mass is 576 g/mol. The van der Waals surface area contributed by atoms with E-state index >= 15 is 4.39 Å². The van der Waals surface area contributed by atoms with Crippen molar-refractivity contribution in [2.45, 2.75) is 52.4 Å². The zero-order valence-corrected chi connectivity index (χ0v) is 24.4. The summed E-state index contributed by atoms with van der Waals surface area (Å²) in [6.45, 7) is 12.1. The zero-order valence-electron chi connectivity index (χ0n) is 23.6. The summed E-state index contributed by atoms with van der Waals surface area (Å²) in [4.78, 5) is 16.7. The summed E-state index contributed by atoms with van der Waals surface area (Å²) in [5.41, 5.74) is 1.27. The van der Waals surface area contributed by atoms with Gasteiger partial charge in [-0.1, -0.05) is 13.8 Å². The third kappa shape index (κ3) is 6.43. The fraction of sp³-hybridized carbons (Fsp3) is 0.536. The lowest BCUT2D eigenvalue weighted by atomic mass is 9.80. The largest absolute Gasteiger partial charge is 0.389 e. The molecule has 9 nitrogen and oxygen atoms in total. The molecule has 1 aromatic heterocycles. The maximum atomic E-state index is 15.0. The minimum atomic E-state index is -3.02. The second kappa shape index (κ2) is 11.4. The smallest absolute Gasteiger partial charge is 0.227 e. The van der Waals surface area contributed by atoms with Gasteiger partial charge in [-0.15, -0.1) is 0 Å². The predicted octanol–water partition coefficient (Wildman–Crippen LogP) is 3.84. The normalized spacial score (nSPS) is 24.9. The molecule has 1 aromatic carbocycles. The van der Waals surface area contributed by atoms with E-state index in [9.17, 15) is 17.9 Å². The van der Waals surface area contributed by atoms with E-state index in [4.69, 9.17) is 0 Å². The van der Waals surface area contributed by atoms with Gasteiger partial charge in [-0.3, -0.25) is 0 Å². The van der Waals surface area contributed by atoms with Crippen molar-refractivity contribution in [2.75, 3.05) is 46.8 Å². The van der Waals surface area contributed by atoms with Crippen molar-refractivity contribution in [1.82, 2.24) is 9.97 Å². The maximum Gasteiger partial charge on any atom is 0.227 e. The first-order valence-corrected chi connectivity index (χ1v) is 15.4. The highest BCUT2D eigenvalue weighted by Crippen LogP contribution is 2.37. The Bertz CT molecular complexity index is 1400. The fourth-order valence-electron chi connectivity index (χ4n) is 5.44. The van der Waals surface area contributed by atoms with Crippen molar-refractivity contribution in [3.63, 3.8) is 0 Å². The number of rotatable bonds is 9. The lowest BCUT2D eigenvalue weighted by Crippen LogP contribution is -2.55. The van der Waals surface area contributed by atoms with Gasteiger partial charge in [-0.05, 0) is 62.7 Å². The fourth-order valence-corrected chi connectivity index (χ4v) is 6.17. The molecule has 0 amide bonds.